The molecule has 1 rings (SSSR count). The summed E-state index contributed by atoms with van der Waals surface area (Å²) in [6.45, 7) is 2.40. The van der Waals surface area contributed by atoms with Gasteiger partial charge < -0.3 is 10.4 Å². The highest BCUT2D eigenvalue weighted by atomic mass is 35.5. The van der Waals surface area contributed by atoms with Gasteiger partial charge >= 0.3 is 0 Å². The predicted octanol–water partition coefficient (Wildman–Crippen LogP) is 2.22. The van der Waals surface area contributed by atoms with Crippen molar-refractivity contribution in [3.05, 3.63) is 27.4 Å². The maximum absolute atomic E-state index is 10.5. The second kappa shape index (κ2) is 6.36. The van der Waals surface area contributed by atoms with Crippen LogP contribution in [0.2, 0.25) is 5.02 Å². The van der Waals surface area contributed by atoms with Gasteiger partial charge in [0.2, 0.25) is 0 Å². The van der Waals surface area contributed by atoms with Gasteiger partial charge in [-0.3, -0.25) is 10.1 Å². The van der Waals surface area contributed by atoms with Gasteiger partial charge in [-0.2, -0.15) is 0 Å². The Labute approximate surface area is 104 Å². The first kappa shape index (κ1) is 13.7. The number of nitro groups is 1. The van der Waals surface area contributed by atoms with Crippen LogP contribution in [0.15, 0.2) is 12.3 Å². The Morgan fingerprint density at radius 1 is 1.71 bits per heavy atom. The number of nitrogens with one attached hydrogen (secondary N) is 1. The molecule has 1 aromatic heterocycles. The third-order valence-electron chi connectivity index (χ3n) is 2.28. The molecule has 0 spiro atoms. The number of pyridine rings is 1. The smallest absolute Gasteiger partial charge is 0.289 e. The van der Waals surface area contributed by atoms with Crippen LogP contribution in [0.25, 0.3) is 0 Å². The Hall–Kier alpha value is -1.40. The molecular weight excluding hydrogens is 246 g/mol. The maximum Gasteiger partial charge on any atom is 0.289 e. The number of nitrogens with zero attached hydrogens (tertiary/aromatic N) is 2. The topological polar surface area (TPSA) is 88.3 Å². The monoisotopic (exact) mass is 259 g/mol. The van der Waals surface area contributed by atoms with E-state index in [0.717, 1.165) is 6.20 Å². The van der Waals surface area contributed by atoms with Crippen molar-refractivity contribution in [2.75, 3.05) is 11.9 Å². The normalized spacial score (nSPS) is 12.2. The van der Waals surface area contributed by atoms with E-state index < -0.39 is 4.92 Å². The van der Waals surface area contributed by atoms with Crippen LogP contribution in [-0.4, -0.2) is 27.7 Å². The standard InChI is InChI=1S/C10H14ClN3O3/c1-2-8(15)3-4-12-10-9(11)5-7(6-13-10)14(16)17/h5-6,8,15H,2-4H2,1H3,(H,12,13). The molecule has 1 atom stereocenters. The van der Waals surface area contributed by atoms with E-state index in [4.69, 9.17) is 11.6 Å². The zero-order valence-corrected chi connectivity index (χ0v) is 10.1. The Kier molecular flexibility index (Phi) is 5.11. The zero-order chi connectivity index (χ0) is 12.8. The van der Waals surface area contributed by atoms with Gasteiger partial charge in [0.25, 0.3) is 5.69 Å². The SMILES string of the molecule is CCC(O)CCNc1ncc([N+](=O)[O-])cc1Cl. The highest BCUT2D eigenvalue weighted by molar-refractivity contribution is 6.33. The molecule has 94 valence electrons. The molecule has 2 N–H and O–H groups in total. The Morgan fingerprint density at radius 3 is 2.94 bits per heavy atom. The van der Waals surface area contributed by atoms with Crippen molar-refractivity contribution in [1.82, 2.24) is 4.98 Å². The lowest BCUT2D eigenvalue weighted by Gasteiger charge is -2.09. The fourth-order valence-corrected chi connectivity index (χ4v) is 1.45. The lowest BCUT2D eigenvalue weighted by molar-refractivity contribution is -0.385. The summed E-state index contributed by atoms with van der Waals surface area (Å²) in [4.78, 5) is 13.8. The van der Waals surface area contributed by atoms with Crippen molar-refractivity contribution < 1.29 is 10.0 Å². The summed E-state index contributed by atoms with van der Waals surface area (Å²) in [5.41, 5.74) is -0.144. The number of aliphatic hydroxyl groups is 1. The molecule has 0 aliphatic rings. The molecular formula is C10H14ClN3O3. The van der Waals surface area contributed by atoms with Crippen LogP contribution in [-0.2, 0) is 0 Å². The fourth-order valence-electron chi connectivity index (χ4n) is 1.22. The van der Waals surface area contributed by atoms with Crippen LogP contribution < -0.4 is 5.32 Å². The van der Waals surface area contributed by atoms with E-state index in [-0.39, 0.29) is 16.8 Å². The molecule has 0 amide bonds. The molecule has 0 aliphatic heterocycles. The van der Waals surface area contributed by atoms with Crippen molar-refractivity contribution in [1.29, 1.82) is 0 Å². The predicted molar refractivity (Wildman–Crippen MR) is 65.3 cm³/mol. The average molecular weight is 260 g/mol. The first-order chi connectivity index (χ1) is 8.04. The largest absolute Gasteiger partial charge is 0.393 e. The van der Waals surface area contributed by atoms with E-state index in [0.29, 0.717) is 25.2 Å². The van der Waals surface area contributed by atoms with Gasteiger partial charge in [0.15, 0.2) is 0 Å². The maximum atomic E-state index is 10.5. The van der Waals surface area contributed by atoms with Gasteiger partial charge in [0.05, 0.1) is 16.0 Å². The van der Waals surface area contributed by atoms with Crippen molar-refractivity contribution in [2.24, 2.45) is 0 Å². The number of aromatic nitrogens is 1. The van der Waals surface area contributed by atoms with Gasteiger partial charge in [0, 0.05) is 12.6 Å². The molecule has 0 saturated carbocycles. The van der Waals surface area contributed by atoms with Gasteiger partial charge in [0.1, 0.15) is 12.0 Å². The molecule has 1 unspecified atom stereocenters. The third kappa shape index (κ3) is 4.16. The minimum atomic E-state index is -0.552. The van der Waals surface area contributed by atoms with Crippen molar-refractivity contribution in [3.8, 4) is 0 Å². The summed E-state index contributed by atoms with van der Waals surface area (Å²) < 4.78 is 0. The lowest BCUT2D eigenvalue weighted by atomic mass is 10.2. The fraction of sp³-hybridized carbons (Fsp3) is 0.500. The van der Waals surface area contributed by atoms with Crippen molar-refractivity contribution in [3.63, 3.8) is 0 Å². The molecule has 0 fully saturated rings. The third-order valence-corrected chi connectivity index (χ3v) is 2.57. The summed E-state index contributed by atoms with van der Waals surface area (Å²) >= 11 is 5.83. The minimum absolute atomic E-state index is 0.144. The van der Waals surface area contributed by atoms with Gasteiger partial charge in [-0.1, -0.05) is 18.5 Å². The summed E-state index contributed by atoms with van der Waals surface area (Å²) in [7, 11) is 0. The molecule has 6 nitrogen and oxygen atoms in total. The van der Waals surface area contributed by atoms with Crippen LogP contribution >= 0.6 is 11.6 Å². The van der Waals surface area contributed by atoms with Gasteiger partial charge in [-0.15, -0.1) is 0 Å². The summed E-state index contributed by atoms with van der Waals surface area (Å²) in [6.07, 6.45) is 2.04. The highest BCUT2D eigenvalue weighted by Gasteiger charge is 2.10. The van der Waals surface area contributed by atoms with Gasteiger partial charge in [-0.05, 0) is 12.8 Å². The first-order valence-electron chi connectivity index (χ1n) is 5.26. The summed E-state index contributed by atoms with van der Waals surface area (Å²) in [5, 5.41) is 22.9. The zero-order valence-electron chi connectivity index (χ0n) is 9.39. The summed E-state index contributed by atoms with van der Waals surface area (Å²) in [6, 6.07) is 1.24. The number of hydrogen-bond donors (Lipinski definition) is 2. The molecule has 0 aliphatic carbocycles. The molecule has 0 bridgehead atoms. The molecule has 7 heteroatoms. The minimum Gasteiger partial charge on any atom is -0.393 e. The lowest BCUT2D eigenvalue weighted by Crippen LogP contribution is -2.13. The quantitative estimate of drug-likeness (QED) is 0.604. The van der Waals surface area contributed by atoms with E-state index in [9.17, 15) is 15.2 Å². The first-order valence-corrected chi connectivity index (χ1v) is 5.64. The van der Waals surface area contributed by atoms with E-state index >= 15 is 0 Å². The molecule has 0 saturated heterocycles. The van der Waals surface area contributed by atoms with Crippen LogP contribution in [0.3, 0.4) is 0 Å². The van der Waals surface area contributed by atoms with Crippen LogP contribution in [0.4, 0.5) is 11.5 Å². The Balaban J connectivity index is 2.57. The van der Waals surface area contributed by atoms with E-state index in [2.05, 4.69) is 10.3 Å². The molecule has 1 aromatic rings. The molecule has 0 radical (unpaired) electrons. The molecule has 17 heavy (non-hydrogen) atoms. The van der Waals surface area contributed by atoms with Crippen LogP contribution in [0.1, 0.15) is 19.8 Å². The van der Waals surface area contributed by atoms with Gasteiger partial charge in [-0.25, -0.2) is 4.98 Å². The number of rotatable bonds is 6. The van der Waals surface area contributed by atoms with Crippen LogP contribution in [0, 0.1) is 10.1 Å². The number of aliphatic hydroxyl groups excluding tert-OH is 1. The summed E-state index contributed by atoms with van der Waals surface area (Å²) in [5.74, 6) is 0.389. The van der Waals surface area contributed by atoms with E-state index in [1.807, 2.05) is 6.92 Å². The van der Waals surface area contributed by atoms with Crippen molar-refractivity contribution >= 4 is 23.1 Å². The number of hydrogen-bond acceptors (Lipinski definition) is 5. The number of halogens is 1. The van der Waals surface area contributed by atoms with Crippen LogP contribution in [0.5, 0.6) is 0 Å². The average Bonchev–Trinajstić information content (AvgIpc) is 2.30. The molecule has 1 heterocycles. The Morgan fingerprint density at radius 2 is 2.41 bits per heavy atom. The number of anilines is 1. The van der Waals surface area contributed by atoms with Crippen molar-refractivity contribution in [2.45, 2.75) is 25.9 Å². The molecule has 0 aromatic carbocycles. The second-order valence-corrected chi connectivity index (χ2v) is 3.97. The second-order valence-electron chi connectivity index (χ2n) is 3.56. The Bertz CT molecular complexity index is 400. The van der Waals surface area contributed by atoms with E-state index in [1.54, 1.807) is 0 Å². The van der Waals surface area contributed by atoms with E-state index in [1.165, 1.54) is 6.07 Å². The highest BCUT2D eigenvalue weighted by Crippen LogP contribution is 2.23.